The van der Waals surface area contributed by atoms with Gasteiger partial charge in [0.2, 0.25) is 0 Å². The zero-order valence-corrected chi connectivity index (χ0v) is 15.5. The smallest absolute Gasteiger partial charge is 0.124 e. The summed E-state index contributed by atoms with van der Waals surface area (Å²) in [6.45, 7) is 3.83. The first kappa shape index (κ1) is 16.8. The van der Waals surface area contributed by atoms with Gasteiger partial charge in [-0.05, 0) is 32.3 Å². The second-order valence-electron chi connectivity index (χ2n) is 7.72. The molecule has 3 heterocycles. The number of H-pyrrole nitrogens is 1. The van der Waals surface area contributed by atoms with Crippen molar-refractivity contribution in [3.05, 3.63) is 53.1 Å². The number of allylic oxidation sites excluding steroid dienone is 1. The Morgan fingerprint density at radius 1 is 1.33 bits per heavy atom. The maximum Gasteiger partial charge on any atom is 0.124 e. The average Bonchev–Trinajstić information content (AvgIpc) is 3.27. The van der Waals surface area contributed by atoms with Crippen LogP contribution in [0.5, 0.6) is 5.75 Å². The van der Waals surface area contributed by atoms with Gasteiger partial charge in [-0.2, -0.15) is 0 Å². The number of fused-ring (bicyclic) bond motifs is 2. The Bertz CT molecular complexity index is 877. The molecule has 5 rings (SSSR count). The molecular weight excluding hydrogens is 343 g/mol. The number of aromatic amines is 1. The van der Waals surface area contributed by atoms with Gasteiger partial charge < -0.3 is 15.0 Å². The van der Waals surface area contributed by atoms with Crippen LogP contribution < -0.4 is 10.1 Å². The Balaban J connectivity index is 1.49. The molecular formula is C21H25FN4O. The first-order chi connectivity index (χ1) is 13.2. The number of hydrogen-bond donors (Lipinski definition) is 2. The third kappa shape index (κ3) is 3.02. The molecule has 1 saturated heterocycles. The van der Waals surface area contributed by atoms with E-state index in [0.717, 1.165) is 47.9 Å². The number of aromatic nitrogens is 2. The summed E-state index contributed by atoms with van der Waals surface area (Å²) in [6, 6.07) is 8.32. The van der Waals surface area contributed by atoms with Crippen LogP contribution >= 0.6 is 0 Å². The van der Waals surface area contributed by atoms with E-state index in [1.165, 1.54) is 5.69 Å². The van der Waals surface area contributed by atoms with E-state index in [-0.39, 0.29) is 12.1 Å². The number of likely N-dealkylation sites (tertiary alicyclic amines) is 1. The number of nitrogens with one attached hydrogen (secondary N) is 2. The van der Waals surface area contributed by atoms with Gasteiger partial charge in [0.1, 0.15) is 30.0 Å². The molecule has 3 atom stereocenters. The van der Waals surface area contributed by atoms with Crippen molar-refractivity contribution in [3.63, 3.8) is 0 Å². The van der Waals surface area contributed by atoms with Crippen LogP contribution in [0, 0.1) is 6.92 Å². The number of para-hydroxylation sites is 1. The second-order valence-corrected chi connectivity index (χ2v) is 7.72. The topological polar surface area (TPSA) is 53.2 Å². The maximum atomic E-state index is 13.9. The highest BCUT2D eigenvalue weighted by Gasteiger charge is 2.39. The number of ether oxygens (including phenoxy) is 1. The lowest BCUT2D eigenvalue weighted by Crippen LogP contribution is -2.49. The highest BCUT2D eigenvalue weighted by Crippen LogP contribution is 2.37. The second kappa shape index (κ2) is 6.68. The third-order valence-corrected chi connectivity index (χ3v) is 5.89. The van der Waals surface area contributed by atoms with E-state index in [4.69, 9.17) is 9.72 Å². The van der Waals surface area contributed by atoms with Crippen molar-refractivity contribution in [1.82, 2.24) is 20.2 Å². The number of benzene rings is 1. The lowest BCUT2D eigenvalue weighted by atomic mass is 9.93. The minimum absolute atomic E-state index is 0.0504. The van der Waals surface area contributed by atoms with Crippen molar-refractivity contribution in [2.45, 2.75) is 44.4 Å². The van der Waals surface area contributed by atoms with Crippen LogP contribution in [0.4, 0.5) is 4.39 Å². The molecule has 0 saturated carbocycles. The van der Waals surface area contributed by atoms with Gasteiger partial charge >= 0.3 is 0 Å². The molecule has 6 heteroatoms. The first-order valence-corrected chi connectivity index (χ1v) is 9.81. The minimum Gasteiger partial charge on any atom is -0.491 e. The predicted octanol–water partition coefficient (Wildman–Crippen LogP) is 3.14. The van der Waals surface area contributed by atoms with Gasteiger partial charge in [-0.3, -0.25) is 4.90 Å². The number of imidazole rings is 1. The summed E-state index contributed by atoms with van der Waals surface area (Å²) < 4.78 is 19.9. The summed E-state index contributed by atoms with van der Waals surface area (Å²) in [7, 11) is 0. The van der Waals surface area contributed by atoms with E-state index in [1.807, 2.05) is 25.1 Å². The standard InChI is InChI=1S/C21H25FN4O/c1-13-23-16-6-4-7-17(21(16)24-13)25-20-15-5-2-3-8-19(15)27-12-18(20)26-10-9-14(22)11-26/h2-3,5,7-8,14,18,20,25H,4,6,9-12H2,1H3,(H,23,24)/t14-,18?,20-/m0/s1. The molecule has 1 aromatic heterocycles. The summed E-state index contributed by atoms with van der Waals surface area (Å²) in [5.41, 5.74) is 4.42. The SMILES string of the molecule is Cc1nc2c([nH]1)CCC=C2N[C@H]1c2ccccc2OCC1N1CC[C@H](F)C1. The van der Waals surface area contributed by atoms with Gasteiger partial charge in [0.25, 0.3) is 0 Å². The molecule has 3 aliphatic rings. The monoisotopic (exact) mass is 368 g/mol. The van der Waals surface area contributed by atoms with Gasteiger partial charge in [0.15, 0.2) is 0 Å². The molecule has 2 aromatic rings. The van der Waals surface area contributed by atoms with Crippen molar-refractivity contribution >= 4 is 5.70 Å². The first-order valence-electron chi connectivity index (χ1n) is 9.81. The normalized spacial score (nSPS) is 27.5. The molecule has 1 unspecified atom stereocenters. The van der Waals surface area contributed by atoms with E-state index < -0.39 is 6.17 Å². The Kier molecular flexibility index (Phi) is 4.16. The third-order valence-electron chi connectivity index (χ3n) is 5.89. The van der Waals surface area contributed by atoms with E-state index in [2.05, 4.69) is 27.3 Å². The zero-order valence-electron chi connectivity index (χ0n) is 15.5. The largest absolute Gasteiger partial charge is 0.491 e. The summed E-state index contributed by atoms with van der Waals surface area (Å²) >= 11 is 0. The summed E-state index contributed by atoms with van der Waals surface area (Å²) in [5.74, 6) is 1.86. The fraction of sp³-hybridized carbons (Fsp3) is 0.476. The number of nitrogens with zero attached hydrogens (tertiary/aromatic N) is 2. The van der Waals surface area contributed by atoms with Crippen LogP contribution in [0.15, 0.2) is 30.3 Å². The fourth-order valence-electron chi connectivity index (χ4n) is 4.58. The number of alkyl halides is 1. The van der Waals surface area contributed by atoms with Crippen LogP contribution in [0.3, 0.4) is 0 Å². The molecule has 1 aromatic carbocycles. The van der Waals surface area contributed by atoms with Crippen molar-refractivity contribution in [2.75, 3.05) is 19.7 Å². The molecule has 0 radical (unpaired) electrons. The molecule has 5 nitrogen and oxygen atoms in total. The lowest BCUT2D eigenvalue weighted by Gasteiger charge is -2.40. The number of hydrogen-bond acceptors (Lipinski definition) is 4. The van der Waals surface area contributed by atoms with Crippen molar-refractivity contribution in [1.29, 1.82) is 0 Å². The Morgan fingerprint density at radius 3 is 3.07 bits per heavy atom. The van der Waals surface area contributed by atoms with Crippen LogP contribution in [-0.2, 0) is 6.42 Å². The molecule has 1 fully saturated rings. The molecule has 2 aliphatic heterocycles. The summed E-state index contributed by atoms with van der Waals surface area (Å²) in [5, 5.41) is 3.76. The van der Waals surface area contributed by atoms with E-state index in [0.29, 0.717) is 19.6 Å². The summed E-state index contributed by atoms with van der Waals surface area (Å²) in [4.78, 5) is 10.3. The summed E-state index contributed by atoms with van der Waals surface area (Å²) in [6.07, 6.45) is 4.08. The van der Waals surface area contributed by atoms with Crippen molar-refractivity contribution < 1.29 is 9.13 Å². The van der Waals surface area contributed by atoms with Crippen LogP contribution in [-0.4, -0.2) is 46.8 Å². The Morgan fingerprint density at radius 2 is 2.22 bits per heavy atom. The molecule has 27 heavy (non-hydrogen) atoms. The van der Waals surface area contributed by atoms with Gasteiger partial charge in [-0.1, -0.05) is 24.3 Å². The van der Waals surface area contributed by atoms with Gasteiger partial charge in [0.05, 0.1) is 17.8 Å². The van der Waals surface area contributed by atoms with Crippen LogP contribution in [0.25, 0.3) is 5.70 Å². The van der Waals surface area contributed by atoms with Crippen molar-refractivity contribution in [2.24, 2.45) is 0 Å². The maximum absolute atomic E-state index is 13.9. The predicted molar refractivity (Wildman–Crippen MR) is 102 cm³/mol. The van der Waals surface area contributed by atoms with Gasteiger partial charge in [-0.15, -0.1) is 0 Å². The van der Waals surface area contributed by atoms with E-state index >= 15 is 0 Å². The average molecular weight is 368 g/mol. The molecule has 0 amide bonds. The highest BCUT2D eigenvalue weighted by molar-refractivity contribution is 5.65. The van der Waals surface area contributed by atoms with E-state index in [9.17, 15) is 4.39 Å². The number of rotatable bonds is 3. The van der Waals surface area contributed by atoms with Crippen molar-refractivity contribution in [3.8, 4) is 5.75 Å². The van der Waals surface area contributed by atoms with E-state index in [1.54, 1.807) is 0 Å². The zero-order chi connectivity index (χ0) is 18.4. The lowest BCUT2D eigenvalue weighted by molar-refractivity contribution is 0.105. The Labute approximate surface area is 158 Å². The minimum atomic E-state index is -0.739. The van der Waals surface area contributed by atoms with Crippen LogP contribution in [0.2, 0.25) is 0 Å². The van der Waals surface area contributed by atoms with Gasteiger partial charge in [-0.25, -0.2) is 9.37 Å². The highest BCUT2D eigenvalue weighted by atomic mass is 19.1. The quantitative estimate of drug-likeness (QED) is 0.874. The fourth-order valence-corrected chi connectivity index (χ4v) is 4.58. The molecule has 0 bridgehead atoms. The molecule has 1 aliphatic carbocycles. The molecule has 2 N–H and O–H groups in total. The number of aryl methyl sites for hydroxylation is 2. The number of halogens is 1. The van der Waals surface area contributed by atoms with Gasteiger partial charge in [0, 0.05) is 24.3 Å². The Hall–Kier alpha value is -2.34. The molecule has 0 spiro atoms. The molecule has 142 valence electrons. The van der Waals surface area contributed by atoms with Crippen LogP contribution in [0.1, 0.15) is 41.7 Å².